The molecule has 1 rings (SSSR count). The number of H-pyrrole nitrogens is 1. The van der Waals surface area contributed by atoms with Crippen LogP contribution in [0.2, 0.25) is 0 Å². The van der Waals surface area contributed by atoms with Gasteiger partial charge in [-0.3, -0.25) is 9.89 Å². The molecule has 0 atom stereocenters. The first-order valence-electron chi connectivity index (χ1n) is 4.85. The lowest BCUT2D eigenvalue weighted by molar-refractivity contribution is 0.0884. The van der Waals surface area contributed by atoms with E-state index in [-0.39, 0.29) is 12.1 Å². The maximum atomic E-state index is 11.9. The quantitative estimate of drug-likeness (QED) is 0.790. The average Bonchev–Trinajstić information content (AvgIpc) is 2.68. The Balaban J connectivity index is 3.10. The van der Waals surface area contributed by atoms with E-state index in [1.165, 1.54) is 0 Å². The number of halogens is 3. The number of nitrogens with zero attached hydrogens (tertiary/aromatic N) is 1. The molecule has 0 fully saturated rings. The number of rotatable bonds is 5. The third-order valence-electron chi connectivity index (χ3n) is 2.02. The lowest BCUT2D eigenvalue weighted by Crippen LogP contribution is -2.29. The Morgan fingerprint density at radius 1 is 1.56 bits per heavy atom. The summed E-state index contributed by atoms with van der Waals surface area (Å²) in [6, 6.07) is 0. The molecule has 0 bridgehead atoms. The molecule has 10 heteroatoms. The van der Waals surface area contributed by atoms with E-state index in [4.69, 9.17) is 10.7 Å². The number of aryl methyl sites for hydroxylation is 1. The fourth-order valence-electron chi connectivity index (χ4n) is 1.28. The van der Waals surface area contributed by atoms with Crippen LogP contribution < -0.4 is 5.32 Å². The van der Waals surface area contributed by atoms with Gasteiger partial charge in [0, 0.05) is 10.7 Å². The highest BCUT2D eigenvalue weighted by atomic mass is 35.7. The van der Waals surface area contributed by atoms with E-state index in [9.17, 15) is 22.0 Å². The zero-order valence-corrected chi connectivity index (χ0v) is 10.8. The number of amides is 1. The van der Waals surface area contributed by atoms with Crippen LogP contribution in [0.3, 0.4) is 0 Å². The summed E-state index contributed by atoms with van der Waals surface area (Å²) in [5.41, 5.74) is -0.366. The summed E-state index contributed by atoms with van der Waals surface area (Å²) in [5.74, 6) is -1.02. The van der Waals surface area contributed by atoms with E-state index in [0.29, 0.717) is 0 Å². The zero-order chi connectivity index (χ0) is 13.9. The van der Waals surface area contributed by atoms with Gasteiger partial charge in [-0.05, 0) is 6.42 Å². The predicted molar refractivity (Wildman–Crippen MR) is 59.3 cm³/mol. The molecule has 0 saturated carbocycles. The number of carbonyl (C=O) groups is 1. The van der Waals surface area contributed by atoms with Gasteiger partial charge >= 0.3 is 0 Å². The highest BCUT2D eigenvalue weighted by molar-refractivity contribution is 8.13. The van der Waals surface area contributed by atoms with Crippen LogP contribution in [0, 0.1) is 0 Å². The maximum absolute atomic E-state index is 11.9. The van der Waals surface area contributed by atoms with Gasteiger partial charge in [-0.1, -0.05) is 6.92 Å². The lowest BCUT2D eigenvalue weighted by atomic mass is 10.3. The van der Waals surface area contributed by atoms with Crippen LogP contribution in [0.25, 0.3) is 0 Å². The van der Waals surface area contributed by atoms with Crippen molar-refractivity contribution in [3.05, 3.63) is 11.4 Å². The van der Waals surface area contributed by atoms with Gasteiger partial charge in [0.15, 0.2) is 5.69 Å². The fourth-order valence-corrected chi connectivity index (χ4v) is 2.63. The summed E-state index contributed by atoms with van der Waals surface area (Å²) in [5, 5.41) is 7.68. The maximum Gasteiger partial charge on any atom is 0.273 e. The standard InChI is InChI=1S/C8H10ClF2N3O3S/c1-2-4-7(18(9,16)17)6(14-13-4)8(15)12-3-5(10)11/h5H,2-3H2,1H3,(H,12,15)(H,13,14). The van der Waals surface area contributed by atoms with Crippen LogP contribution in [0.15, 0.2) is 4.90 Å². The first-order chi connectivity index (χ1) is 8.27. The molecule has 1 amide bonds. The Bertz CT molecular complexity index is 544. The molecule has 0 aromatic carbocycles. The van der Waals surface area contributed by atoms with E-state index in [2.05, 4.69) is 10.2 Å². The van der Waals surface area contributed by atoms with Gasteiger partial charge in [0.25, 0.3) is 21.4 Å². The Labute approximate surface area is 106 Å². The van der Waals surface area contributed by atoms with Gasteiger partial charge in [0.05, 0.1) is 12.2 Å². The Kier molecular flexibility index (Phi) is 4.63. The highest BCUT2D eigenvalue weighted by Gasteiger charge is 2.27. The van der Waals surface area contributed by atoms with Gasteiger partial charge in [0.2, 0.25) is 0 Å². The molecule has 1 aromatic rings. The molecule has 0 radical (unpaired) electrons. The van der Waals surface area contributed by atoms with Crippen LogP contribution in [-0.4, -0.2) is 37.5 Å². The van der Waals surface area contributed by atoms with E-state index in [1.807, 2.05) is 5.32 Å². The van der Waals surface area contributed by atoms with E-state index >= 15 is 0 Å². The SMILES string of the molecule is CCc1[nH]nc(C(=O)NCC(F)F)c1S(=O)(=O)Cl. The van der Waals surface area contributed by atoms with Gasteiger partial charge in [-0.15, -0.1) is 0 Å². The molecule has 6 nitrogen and oxygen atoms in total. The number of aromatic amines is 1. The molecular formula is C8H10ClF2N3O3S. The van der Waals surface area contributed by atoms with Crippen molar-refractivity contribution in [1.82, 2.24) is 15.5 Å². The Morgan fingerprint density at radius 3 is 2.61 bits per heavy atom. The average molecular weight is 302 g/mol. The summed E-state index contributed by atoms with van der Waals surface area (Å²) >= 11 is 0. The molecular weight excluding hydrogens is 292 g/mol. The van der Waals surface area contributed by atoms with Crippen molar-refractivity contribution in [3.63, 3.8) is 0 Å². The minimum absolute atomic E-state index is 0.146. The summed E-state index contributed by atoms with van der Waals surface area (Å²) in [7, 11) is 0.993. The van der Waals surface area contributed by atoms with Crippen molar-refractivity contribution in [3.8, 4) is 0 Å². The molecule has 0 unspecified atom stereocenters. The second-order valence-corrected chi connectivity index (χ2v) is 5.78. The van der Waals surface area contributed by atoms with Gasteiger partial charge in [0.1, 0.15) is 4.90 Å². The number of nitrogens with one attached hydrogen (secondary N) is 2. The fraction of sp³-hybridized carbons (Fsp3) is 0.500. The number of alkyl halides is 2. The molecule has 0 saturated heterocycles. The van der Waals surface area contributed by atoms with E-state index < -0.39 is 38.5 Å². The Hall–Kier alpha value is -1.22. The van der Waals surface area contributed by atoms with Crippen molar-refractivity contribution in [2.24, 2.45) is 0 Å². The second kappa shape index (κ2) is 5.61. The first-order valence-corrected chi connectivity index (χ1v) is 7.16. The topological polar surface area (TPSA) is 91.9 Å². The number of aromatic nitrogens is 2. The van der Waals surface area contributed by atoms with Gasteiger partial charge < -0.3 is 5.32 Å². The van der Waals surface area contributed by atoms with Crippen LogP contribution in [0.5, 0.6) is 0 Å². The lowest BCUT2D eigenvalue weighted by Gasteiger charge is -2.03. The van der Waals surface area contributed by atoms with Crippen molar-refractivity contribution in [2.45, 2.75) is 24.7 Å². The molecule has 0 spiro atoms. The molecule has 0 aliphatic rings. The van der Waals surface area contributed by atoms with E-state index in [1.54, 1.807) is 6.92 Å². The largest absolute Gasteiger partial charge is 0.345 e. The van der Waals surface area contributed by atoms with Gasteiger partial charge in [-0.25, -0.2) is 17.2 Å². The van der Waals surface area contributed by atoms with Crippen molar-refractivity contribution in [2.75, 3.05) is 6.54 Å². The minimum Gasteiger partial charge on any atom is -0.345 e. The summed E-state index contributed by atoms with van der Waals surface area (Å²) in [6.07, 6.45) is -2.49. The molecule has 2 N–H and O–H groups in total. The summed E-state index contributed by atoms with van der Waals surface area (Å²) < 4.78 is 46.5. The molecule has 1 aromatic heterocycles. The highest BCUT2D eigenvalue weighted by Crippen LogP contribution is 2.22. The monoisotopic (exact) mass is 301 g/mol. The minimum atomic E-state index is -4.19. The van der Waals surface area contributed by atoms with Crippen molar-refractivity contribution < 1.29 is 22.0 Å². The smallest absolute Gasteiger partial charge is 0.273 e. The molecule has 102 valence electrons. The first kappa shape index (κ1) is 14.8. The van der Waals surface area contributed by atoms with Crippen LogP contribution in [-0.2, 0) is 15.5 Å². The van der Waals surface area contributed by atoms with E-state index in [0.717, 1.165) is 0 Å². The molecule has 0 aliphatic carbocycles. The third-order valence-corrected chi connectivity index (χ3v) is 3.41. The molecule has 0 aliphatic heterocycles. The third kappa shape index (κ3) is 3.39. The molecule has 1 heterocycles. The Morgan fingerprint density at radius 2 is 2.17 bits per heavy atom. The number of carbonyl (C=O) groups excluding carboxylic acids is 1. The van der Waals surface area contributed by atoms with Crippen molar-refractivity contribution in [1.29, 1.82) is 0 Å². The summed E-state index contributed by atoms with van der Waals surface area (Å²) in [4.78, 5) is 11.0. The zero-order valence-electron chi connectivity index (χ0n) is 9.21. The normalized spacial score (nSPS) is 11.8. The molecule has 18 heavy (non-hydrogen) atoms. The summed E-state index contributed by atoms with van der Waals surface area (Å²) in [6.45, 7) is 0.731. The predicted octanol–water partition coefficient (Wildman–Crippen LogP) is 0.895. The van der Waals surface area contributed by atoms with Crippen molar-refractivity contribution >= 4 is 25.6 Å². The van der Waals surface area contributed by atoms with Gasteiger partial charge in [-0.2, -0.15) is 5.10 Å². The second-order valence-electron chi connectivity index (χ2n) is 3.27. The van der Waals surface area contributed by atoms with Crippen LogP contribution in [0.1, 0.15) is 23.1 Å². The van der Waals surface area contributed by atoms with Crippen LogP contribution >= 0.6 is 10.7 Å². The number of hydrogen-bond acceptors (Lipinski definition) is 4. The van der Waals surface area contributed by atoms with Crippen LogP contribution in [0.4, 0.5) is 8.78 Å². The number of hydrogen-bond donors (Lipinski definition) is 2.